The van der Waals surface area contributed by atoms with E-state index in [2.05, 4.69) is 20.9 Å². The predicted molar refractivity (Wildman–Crippen MR) is 137 cm³/mol. The number of nitrogens with one attached hydrogen (secondary N) is 1. The van der Waals surface area contributed by atoms with Crippen molar-refractivity contribution in [3.63, 3.8) is 0 Å². The van der Waals surface area contributed by atoms with E-state index in [1.807, 2.05) is 37.5 Å². The molecule has 1 atom stereocenters. The van der Waals surface area contributed by atoms with Gasteiger partial charge in [0.2, 0.25) is 0 Å². The van der Waals surface area contributed by atoms with Crippen LogP contribution in [0.15, 0.2) is 65.8 Å². The Hall–Kier alpha value is -3.63. The molecule has 1 saturated heterocycles. The first-order valence-corrected chi connectivity index (χ1v) is 12.0. The Balaban J connectivity index is 1.52. The second kappa shape index (κ2) is 10.0. The van der Waals surface area contributed by atoms with Crippen LogP contribution in [0.2, 0.25) is 0 Å². The zero-order chi connectivity index (χ0) is 26.2. The van der Waals surface area contributed by atoms with Crippen molar-refractivity contribution in [1.82, 2.24) is 19.4 Å². The van der Waals surface area contributed by atoms with Crippen LogP contribution >= 0.6 is 0 Å². The first kappa shape index (κ1) is 25.0. The van der Waals surface area contributed by atoms with E-state index >= 15 is 0 Å². The second-order valence-corrected chi connectivity index (χ2v) is 9.45. The van der Waals surface area contributed by atoms with Gasteiger partial charge in [-0.25, -0.2) is 4.98 Å². The number of ether oxygens (including phenoxy) is 1. The van der Waals surface area contributed by atoms with Gasteiger partial charge in [-0.1, -0.05) is 12.1 Å². The average Bonchev–Trinajstić information content (AvgIpc) is 3.31. The maximum absolute atomic E-state index is 13.4. The summed E-state index contributed by atoms with van der Waals surface area (Å²) < 4.78 is 47.0. The SMILES string of the molecule is CN(C)C[C@H](c1cccc(C(F)(F)F)c1)n1ccc(-c2c[nH]c3ncc(N4CCOCC4)cc23)cc1=O. The minimum Gasteiger partial charge on any atom is -0.378 e. The number of nitrogens with zero attached hydrogens (tertiary/aromatic N) is 4. The Morgan fingerprint density at radius 1 is 1.14 bits per heavy atom. The number of morpholine rings is 1. The number of H-pyrrole nitrogens is 1. The van der Waals surface area contributed by atoms with Crippen molar-refractivity contribution in [1.29, 1.82) is 0 Å². The number of halogens is 3. The third-order valence-electron chi connectivity index (χ3n) is 6.62. The van der Waals surface area contributed by atoms with Crippen LogP contribution in [-0.2, 0) is 10.9 Å². The van der Waals surface area contributed by atoms with E-state index in [0.29, 0.717) is 36.5 Å². The molecule has 4 aromatic rings. The summed E-state index contributed by atoms with van der Waals surface area (Å²) in [5.41, 5.74) is 2.64. The fraction of sp³-hybridized carbons (Fsp3) is 0.333. The van der Waals surface area contributed by atoms with Gasteiger partial charge in [0.1, 0.15) is 5.65 Å². The van der Waals surface area contributed by atoms with Crippen LogP contribution in [0, 0.1) is 0 Å². The molecule has 0 unspecified atom stereocenters. The van der Waals surface area contributed by atoms with E-state index < -0.39 is 17.8 Å². The number of hydrogen-bond acceptors (Lipinski definition) is 5. The van der Waals surface area contributed by atoms with E-state index in [0.717, 1.165) is 41.9 Å². The van der Waals surface area contributed by atoms with Crippen molar-refractivity contribution < 1.29 is 17.9 Å². The number of rotatable bonds is 6. The number of fused-ring (bicyclic) bond motifs is 1. The molecule has 4 heterocycles. The van der Waals surface area contributed by atoms with Crippen LogP contribution < -0.4 is 10.5 Å². The van der Waals surface area contributed by atoms with Crippen molar-refractivity contribution in [3.05, 3.63) is 82.5 Å². The number of hydrogen-bond donors (Lipinski definition) is 1. The van der Waals surface area contributed by atoms with Crippen LogP contribution in [0.5, 0.6) is 0 Å². The summed E-state index contributed by atoms with van der Waals surface area (Å²) in [6.07, 6.45) is 0.845. The van der Waals surface area contributed by atoms with Gasteiger partial charge in [-0.15, -0.1) is 0 Å². The van der Waals surface area contributed by atoms with Crippen LogP contribution in [0.1, 0.15) is 17.2 Å². The molecule has 10 heteroatoms. The summed E-state index contributed by atoms with van der Waals surface area (Å²) in [6, 6.07) is 9.99. The highest BCUT2D eigenvalue weighted by Crippen LogP contribution is 2.33. The lowest BCUT2D eigenvalue weighted by Crippen LogP contribution is -2.36. The Morgan fingerprint density at radius 2 is 1.92 bits per heavy atom. The van der Waals surface area contributed by atoms with Gasteiger partial charge >= 0.3 is 6.18 Å². The molecule has 1 aromatic carbocycles. The smallest absolute Gasteiger partial charge is 0.378 e. The molecule has 37 heavy (non-hydrogen) atoms. The molecule has 1 aliphatic heterocycles. The topological polar surface area (TPSA) is 66.4 Å². The molecule has 1 N–H and O–H groups in total. The van der Waals surface area contributed by atoms with Gasteiger partial charge in [0, 0.05) is 49.0 Å². The molecule has 1 aliphatic rings. The summed E-state index contributed by atoms with van der Waals surface area (Å²) in [7, 11) is 3.65. The van der Waals surface area contributed by atoms with Crippen molar-refractivity contribution in [2.75, 3.05) is 51.8 Å². The lowest BCUT2D eigenvalue weighted by Gasteiger charge is -2.28. The zero-order valence-corrected chi connectivity index (χ0v) is 20.6. The Kier molecular flexibility index (Phi) is 6.78. The summed E-state index contributed by atoms with van der Waals surface area (Å²) in [4.78, 5) is 25.1. The first-order chi connectivity index (χ1) is 17.7. The summed E-state index contributed by atoms with van der Waals surface area (Å²) in [5.74, 6) is 0. The average molecular weight is 512 g/mol. The molecule has 0 saturated carbocycles. The maximum atomic E-state index is 13.4. The molecule has 7 nitrogen and oxygen atoms in total. The number of aromatic amines is 1. The fourth-order valence-electron chi connectivity index (χ4n) is 4.76. The minimum atomic E-state index is -4.46. The lowest BCUT2D eigenvalue weighted by atomic mass is 10.0. The maximum Gasteiger partial charge on any atom is 0.416 e. The second-order valence-electron chi connectivity index (χ2n) is 9.45. The third kappa shape index (κ3) is 5.26. The van der Waals surface area contributed by atoms with Crippen LogP contribution in [0.4, 0.5) is 18.9 Å². The van der Waals surface area contributed by atoms with E-state index in [1.54, 1.807) is 12.3 Å². The fourth-order valence-corrected chi connectivity index (χ4v) is 4.76. The summed E-state index contributed by atoms with van der Waals surface area (Å²) >= 11 is 0. The largest absolute Gasteiger partial charge is 0.416 e. The molecular formula is C27H28F3N5O2. The van der Waals surface area contributed by atoms with Crippen LogP contribution in [-0.4, -0.2) is 66.4 Å². The quantitative estimate of drug-likeness (QED) is 0.416. The number of pyridine rings is 2. The molecule has 0 radical (unpaired) electrons. The highest BCUT2D eigenvalue weighted by atomic mass is 19.4. The number of benzene rings is 1. The van der Waals surface area contributed by atoms with Crippen LogP contribution in [0.3, 0.4) is 0 Å². The minimum absolute atomic E-state index is 0.298. The molecule has 194 valence electrons. The van der Waals surface area contributed by atoms with Gasteiger partial charge in [0.05, 0.1) is 36.7 Å². The Labute approximate surface area is 212 Å². The van der Waals surface area contributed by atoms with Crippen LogP contribution in [0.25, 0.3) is 22.2 Å². The van der Waals surface area contributed by atoms with E-state index in [1.165, 1.54) is 16.7 Å². The first-order valence-electron chi connectivity index (χ1n) is 12.0. The number of anilines is 1. The van der Waals surface area contributed by atoms with Gasteiger partial charge in [-0.05, 0) is 49.5 Å². The van der Waals surface area contributed by atoms with Gasteiger partial charge in [0.25, 0.3) is 5.56 Å². The molecule has 5 rings (SSSR count). The van der Waals surface area contributed by atoms with Gasteiger partial charge in [-0.3, -0.25) is 4.79 Å². The number of alkyl halides is 3. The number of likely N-dealkylation sites (N-methyl/N-ethyl adjacent to an activating group) is 1. The number of aromatic nitrogens is 3. The monoisotopic (exact) mass is 511 g/mol. The van der Waals surface area contributed by atoms with Gasteiger partial charge < -0.3 is 24.1 Å². The van der Waals surface area contributed by atoms with E-state index in [9.17, 15) is 18.0 Å². The van der Waals surface area contributed by atoms with Crippen molar-refractivity contribution >= 4 is 16.7 Å². The van der Waals surface area contributed by atoms with Crippen molar-refractivity contribution in [3.8, 4) is 11.1 Å². The molecule has 1 fully saturated rings. The molecule has 0 aliphatic carbocycles. The molecule has 0 spiro atoms. The summed E-state index contributed by atoms with van der Waals surface area (Å²) in [6.45, 7) is 3.25. The predicted octanol–water partition coefficient (Wildman–Crippen LogP) is 4.40. The van der Waals surface area contributed by atoms with E-state index in [4.69, 9.17) is 4.74 Å². The van der Waals surface area contributed by atoms with Gasteiger partial charge in [-0.2, -0.15) is 13.2 Å². The highest BCUT2D eigenvalue weighted by molar-refractivity contribution is 5.95. The standard InChI is InChI=1S/C27H28F3N5O2/c1-33(2)17-24(19-4-3-5-20(12-19)27(28,29)30)35-7-6-18(13-25(35)36)23-16-32-26-22(23)14-21(15-31-26)34-8-10-37-11-9-34/h3-7,12-16,24H,8-11,17H2,1-2H3,(H,31,32)/t24-/m1/s1. The van der Waals surface area contributed by atoms with Crippen molar-refractivity contribution in [2.45, 2.75) is 12.2 Å². The Bertz CT molecular complexity index is 1450. The summed E-state index contributed by atoms with van der Waals surface area (Å²) in [5, 5.41) is 0.892. The lowest BCUT2D eigenvalue weighted by molar-refractivity contribution is -0.137. The molecule has 3 aromatic heterocycles. The zero-order valence-electron chi connectivity index (χ0n) is 20.6. The Morgan fingerprint density at radius 3 is 2.62 bits per heavy atom. The molecule has 0 bridgehead atoms. The highest BCUT2D eigenvalue weighted by Gasteiger charge is 2.31. The molecule has 0 amide bonds. The normalized spacial score (nSPS) is 15.5. The van der Waals surface area contributed by atoms with Gasteiger partial charge in [0.15, 0.2) is 0 Å². The molecular weight excluding hydrogens is 483 g/mol. The van der Waals surface area contributed by atoms with E-state index in [-0.39, 0.29) is 5.56 Å². The third-order valence-corrected chi connectivity index (χ3v) is 6.62. The van der Waals surface area contributed by atoms with Crippen molar-refractivity contribution in [2.24, 2.45) is 0 Å².